The molecule has 0 bridgehead atoms. The molecule has 0 radical (unpaired) electrons. The van der Waals surface area contributed by atoms with E-state index in [1.54, 1.807) is 99.5 Å². The largest absolute Gasteiger partial charge is 0.384 e. The molecular formula is C111H234O21. The molecule has 1 rings (SSSR count). The molecule has 1 saturated carbocycles. The fourth-order valence-corrected chi connectivity index (χ4v) is 16.5. The summed E-state index contributed by atoms with van der Waals surface area (Å²) in [4.78, 5) is 0. The van der Waals surface area contributed by atoms with E-state index in [0.717, 1.165) is 110 Å². The second-order valence-corrected chi connectivity index (χ2v) is 43.6. The van der Waals surface area contributed by atoms with Gasteiger partial charge in [-0.1, -0.05) is 232 Å². The highest BCUT2D eigenvalue weighted by molar-refractivity contribution is 4.95. The summed E-state index contributed by atoms with van der Waals surface area (Å²) < 4.78 is 120. The molecule has 7 atom stereocenters. The number of hydrogen-bond acceptors (Lipinski definition) is 21. The Morgan fingerprint density at radius 2 is 0.470 bits per heavy atom. The Labute approximate surface area is 821 Å². The van der Waals surface area contributed by atoms with Gasteiger partial charge in [0.1, 0.15) is 0 Å². The minimum Gasteiger partial charge on any atom is -0.384 e. The third kappa shape index (κ3) is 50.9. The first kappa shape index (κ1) is 142. The lowest BCUT2D eigenvalue weighted by Gasteiger charge is -2.44. The van der Waals surface area contributed by atoms with Crippen LogP contribution < -0.4 is 0 Å². The normalized spacial score (nSPS) is 15.6. The van der Waals surface area contributed by atoms with Gasteiger partial charge in [0.25, 0.3) is 0 Å². The van der Waals surface area contributed by atoms with E-state index < -0.39 is 0 Å². The molecule has 0 saturated heterocycles. The van der Waals surface area contributed by atoms with Crippen LogP contribution in [-0.4, -0.2) is 278 Å². The van der Waals surface area contributed by atoms with Crippen LogP contribution in [0.25, 0.3) is 0 Å². The van der Waals surface area contributed by atoms with E-state index in [-0.39, 0.29) is 76.9 Å². The van der Waals surface area contributed by atoms with Crippen LogP contribution in [0.15, 0.2) is 0 Å². The lowest BCUT2D eigenvalue weighted by molar-refractivity contribution is -0.155. The topological polar surface area (TPSA) is 194 Å². The number of rotatable bonds is 72. The van der Waals surface area contributed by atoms with Gasteiger partial charge in [-0.3, -0.25) is 0 Å². The summed E-state index contributed by atoms with van der Waals surface area (Å²) in [7, 11) is 24.6. The molecule has 0 aromatic carbocycles. The third-order valence-corrected chi connectivity index (χ3v) is 32.3. The minimum absolute atomic E-state index is 0.000193. The van der Waals surface area contributed by atoms with Crippen LogP contribution in [0.4, 0.5) is 0 Å². The standard InChI is InChI=1S/2C17H36O3.2C16H34O3.C15H30O3.2C15H32O3/c1-10-14(2)17(11-18-8,12-19-9)13-20-16(6,7)15(3,4)5;1-8-15(5)16(12-18-6,13-19-7)14-20-17(9-2,10-3)11-4;1-9-14(4)16(10-17-7,11-18-8)12-19-15(5,6)13(2)3;1-8-14(4)16(11-17-6,12-18-7)13-19-15(5,9-2)10-3;1-6-13(2)15(10-16-4,11-17-5)12-18-14(3)8-7-9-14;1-8-13(3)15(10-16-6,11-17-7)12-18-14(4,5)9-2;1-7-13(4)15(10-16-5,11-17-6)12-18-14(8-2)9-3/h14H,10-13H2,1-9H3;15H,8-14H2,1-7H3;13-14H,9-12H2,1-8H3;14H,8-13H2,1-7H3;13H,6-12H2,1-5H3;13H,8-12H2,1-7H3;13-14H,7-12H2,1-6H3. The summed E-state index contributed by atoms with van der Waals surface area (Å²) in [6.45, 7) is 91.5. The van der Waals surface area contributed by atoms with Crippen LogP contribution in [-0.2, 0) is 99.5 Å². The second kappa shape index (κ2) is 75.0. The molecule has 0 amide bonds. The average Bonchev–Trinajstić information content (AvgIpc) is 0.803. The maximum atomic E-state index is 6.41. The molecule has 1 aliphatic rings. The molecule has 0 aromatic rings. The highest BCUT2D eigenvalue weighted by atomic mass is 16.6. The van der Waals surface area contributed by atoms with Crippen molar-refractivity contribution in [1.82, 2.24) is 0 Å². The van der Waals surface area contributed by atoms with Gasteiger partial charge in [0, 0.05) is 137 Å². The SMILES string of the molecule is CCC(C)C(COC)(COC)COC(C)(C)C(C)(C)C.CCC(C)C(COC)(COC)COC(C)(C)C(C)C.CCC(C)C(COC)(COC)COC(C)(C)CC.CCC(C)C(COC)(COC)COC(C)(CC)CC.CCC(C)C(COC)(COC)COC(CC)(CC)CC.CCC(C)C(COC)(COC)COC1(C)CCC1.CCC(CC)OCC(COC)(COC)C(C)CC. The van der Waals surface area contributed by atoms with E-state index in [1.807, 2.05) is 0 Å². The zero-order valence-corrected chi connectivity index (χ0v) is 97.3. The first-order valence-electron chi connectivity index (χ1n) is 52.0. The summed E-state index contributed by atoms with van der Waals surface area (Å²) >= 11 is 0. The van der Waals surface area contributed by atoms with E-state index in [1.165, 1.54) is 19.3 Å². The quantitative estimate of drug-likeness (QED) is 0.0557. The second-order valence-electron chi connectivity index (χ2n) is 43.6. The predicted octanol–water partition coefficient (Wildman–Crippen LogP) is 26.4. The minimum atomic E-state index is -0.187. The van der Waals surface area contributed by atoms with Gasteiger partial charge in [-0.2, -0.15) is 0 Å². The summed E-state index contributed by atoms with van der Waals surface area (Å²) in [5.74, 6) is 4.02. The van der Waals surface area contributed by atoms with Crippen LogP contribution in [0.2, 0.25) is 0 Å². The van der Waals surface area contributed by atoms with Crippen molar-refractivity contribution >= 4 is 0 Å². The first-order valence-corrected chi connectivity index (χ1v) is 52.0. The van der Waals surface area contributed by atoms with Crippen LogP contribution in [0.5, 0.6) is 0 Å². The molecule has 804 valence electrons. The van der Waals surface area contributed by atoms with Gasteiger partial charge in [0.05, 0.1) is 178 Å². The van der Waals surface area contributed by atoms with Crippen molar-refractivity contribution in [2.24, 2.45) is 90.7 Å². The van der Waals surface area contributed by atoms with Gasteiger partial charge in [-0.15, -0.1) is 0 Å². The maximum absolute atomic E-state index is 6.41. The smallest absolute Gasteiger partial charge is 0.0675 e. The van der Waals surface area contributed by atoms with Gasteiger partial charge >= 0.3 is 0 Å². The number of hydrogen-bond donors (Lipinski definition) is 0. The summed E-state index contributed by atoms with van der Waals surface area (Å²) in [5.41, 5.74) is -0.594. The maximum Gasteiger partial charge on any atom is 0.0675 e. The Morgan fingerprint density at radius 1 is 0.242 bits per heavy atom. The third-order valence-electron chi connectivity index (χ3n) is 32.3. The molecule has 21 nitrogen and oxygen atoms in total. The zero-order valence-electron chi connectivity index (χ0n) is 97.3. The number of ether oxygens (including phenoxy) is 21. The molecule has 0 aromatic heterocycles. The Kier molecular flexibility index (Phi) is 80.6. The Bertz CT molecular complexity index is 2400. The van der Waals surface area contributed by atoms with Crippen LogP contribution >= 0.6 is 0 Å². The van der Waals surface area contributed by atoms with E-state index in [9.17, 15) is 0 Å². The lowest BCUT2D eigenvalue weighted by Crippen LogP contribution is -2.48. The molecule has 0 heterocycles. The van der Waals surface area contributed by atoms with Crippen LogP contribution in [0, 0.1) is 90.7 Å². The van der Waals surface area contributed by atoms with Crippen molar-refractivity contribution < 1.29 is 99.5 Å². The monoisotopic (exact) mass is 1900 g/mol. The van der Waals surface area contributed by atoms with Crippen LogP contribution in [0.3, 0.4) is 0 Å². The molecule has 0 spiro atoms. The Balaban J connectivity index is -0.000000351. The lowest BCUT2D eigenvalue weighted by atomic mass is 9.75. The fourth-order valence-electron chi connectivity index (χ4n) is 16.5. The van der Waals surface area contributed by atoms with Gasteiger partial charge in [0.2, 0.25) is 0 Å². The van der Waals surface area contributed by atoms with Gasteiger partial charge in [-0.05, 0) is 179 Å². The average molecular weight is 1910 g/mol. The van der Waals surface area contributed by atoms with Gasteiger partial charge < -0.3 is 99.5 Å². The van der Waals surface area contributed by atoms with E-state index in [2.05, 4.69) is 242 Å². The molecule has 1 aliphatic carbocycles. The van der Waals surface area contributed by atoms with Gasteiger partial charge in [0.15, 0.2) is 0 Å². The Morgan fingerprint density at radius 3 is 0.667 bits per heavy atom. The van der Waals surface area contributed by atoms with Gasteiger partial charge in [-0.25, -0.2) is 0 Å². The van der Waals surface area contributed by atoms with Crippen molar-refractivity contribution in [3.05, 3.63) is 0 Å². The molecule has 7 unspecified atom stereocenters. The van der Waals surface area contributed by atoms with Crippen molar-refractivity contribution in [3.8, 4) is 0 Å². The van der Waals surface area contributed by atoms with E-state index >= 15 is 0 Å². The zero-order chi connectivity index (χ0) is 104. The molecular weight excluding hydrogens is 1670 g/mol. The van der Waals surface area contributed by atoms with Crippen molar-refractivity contribution in [2.75, 3.05) is 238 Å². The molecule has 0 N–H and O–H groups in total. The first-order chi connectivity index (χ1) is 61.7. The highest BCUT2D eigenvalue weighted by Crippen LogP contribution is 2.44. The van der Waals surface area contributed by atoms with Crippen molar-refractivity contribution in [3.63, 3.8) is 0 Å². The predicted molar refractivity (Wildman–Crippen MR) is 557 cm³/mol. The summed E-state index contributed by atoms with van der Waals surface area (Å²) in [6, 6.07) is 0. The molecule has 132 heavy (non-hydrogen) atoms. The summed E-state index contributed by atoms with van der Waals surface area (Å²) in [6.07, 6.45) is 20.1. The highest BCUT2D eigenvalue weighted by Gasteiger charge is 2.47. The van der Waals surface area contributed by atoms with Crippen molar-refractivity contribution in [2.45, 2.75) is 398 Å². The van der Waals surface area contributed by atoms with Crippen molar-refractivity contribution in [1.29, 1.82) is 0 Å². The summed E-state index contributed by atoms with van der Waals surface area (Å²) in [5, 5.41) is 0. The Hall–Kier alpha value is -0.840. The molecule has 1 fully saturated rings. The fraction of sp³-hybridized carbons (Fsp3) is 1.00. The van der Waals surface area contributed by atoms with E-state index in [0.29, 0.717) is 179 Å². The van der Waals surface area contributed by atoms with Crippen LogP contribution in [0.1, 0.15) is 358 Å². The molecule has 21 heteroatoms. The van der Waals surface area contributed by atoms with E-state index in [4.69, 9.17) is 99.5 Å². The molecule has 0 aliphatic heterocycles. The number of methoxy groups -OCH3 is 14.